The molecule has 2 N–H and O–H groups in total. The van der Waals surface area contributed by atoms with Gasteiger partial charge < -0.3 is 19.6 Å². The number of sulfonamides is 1. The van der Waals surface area contributed by atoms with Crippen molar-refractivity contribution in [3.8, 4) is 5.75 Å². The van der Waals surface area contributed by atoms with Gasteiger partial charge in [-0.3, -0.25) is 9.52 Å². The van der Waals surface area contributed by atoms with Crippen LogP contribution in [-0.4, -0.2) is 67.7 Å². The highest BCUT2D eigenvalue weighted by Crippen LogP contribution is 2.32. The Morgan fingerprint density at radius 1 is 1.25 bits per heavy atom. The summed E-state index contributed by atoms with van der Waals surface area (Å²) in [5, 5.41) is 12.5. The highest BCUT2D eigenvalue weighted by molar-refractivity contribution is 7.93. The SMILES string of the molecule is C[C@H](Oc1cccc(Cl)c1Cl)C(=O)N1CCN(c2ccc(S(=O)(=O)Nc3nccs3)cc2)C[C@@H]1CO. The zero-order valence-corrected chi connectivity index (χ0v) is 22.3. The Bertz CT molecular complexity index is 1310. The minimum Gasteiger partial charge on any atom is -0.479 e. The molecular formula is C23H24Cl2N4O5S2. The molecule has 0 aliphatic carbocycles. The third-order valence-electron chi connectivity index (χ3n) is 5.71. The standard InChI is InChI=1S/C23H24Cl2N4O5S2/c1-15(34-20-4-2-3-19(24)21(20)25)22(31)29-11-10-28(13-17(29)14-30)16-5-7-18(8-6-16)36(32,33)27-23-26-9-12-35-23/h2-9,12,15,17,30H,10-11,13-14H2,1H3,(H,26,27)/t15-,17+/m0/s1. The maximum atomic E-state index is 13.1. The van der Waals surface area contributed by atoms with Gasteiger partial charge in [-0.05, 0) is 43.3 Å². The summed E-state index contributed by atoms with van der Waals surface area (Å²) in [5.74, 6) is 0.0306. The first-order valence-corrected chi connectivity index (χ1v) is 14.1. The molecule has 1 aliphatic heterocycles. The number of aromatic nitrogens is 1. The maximum absolute atomic E-state index is 13.1. The van der Waals surface area contributed by atoms with Crippen LogP contribution < -0.4 is 14.4 Å². The molecule has 0 unspecified atom stereocenters. The first kappa shape index (κ1) is 26.5. The van der Waals surface area contributed by atoms with Crippen molar-refractivity contribution in [2.24, 2.45) is 0 Å². The van der Waals surface area contributed by atoms with Crippen LogP contribution in [0.5, 0.6) is 5.75 Å². The number of benzene rings is 2. The highest BCUT2D eigenvalue weighted by atomic mass is 35.5. The topological polar surface area (TPSA) is 112 Å². The lowest BCUT2D eigenvalue weighted by atomic mass is 10.1. The van der Waals surface area contributed by atoms with Crippen LogP contribution in [0.25, 0.3) is 0 Å². The second-order valence-electron chi connectivity index (χ2n) is 8.06. The van der Waals surface area contributed by atoms with Gasteiger partial charge in [-0.1, -0.05) is 29.3 Å². The summed E-state index contributed by atoms with van der Waals surface area (Å²) in [6, 6.07) is 10.9. The Labute approximate surface area is 223 Å². The smallest absolute Gasteiger partial charge is 0.263 e. The van der Waals surface area contributed by atoms with E-state index in [0.717, 1.165) is 5.69 Å². The Kier molecular flexibility index (Phi) is 8.26. The minimum atomic E-state index is -3.75. The van der Waals surface area contributed by atoms with Crippen molar-refractivity contribution in [1.82, 2.24) is 9.88 Å². The lowest BCUT2D eigenvalue weighted by Gasteiger charge is -2.42. The Balaban J connectivity index is 1.41. The van der Waals surface area contributed by atoms with E-state index in [2.05, 4.69) is 9.71 Å². The highest BCUT2D eigenvalue weighted by Gasteiger charge is 2.33. The molecule has 0 saturated carbocycles. The number of carbonyl (C=O) groups excluding carboxylic acids is 1. The van der Waals surface area contributed by atoms with Crippen molar-refractivity contribution in [2.75, 3.05) is 35.9 Å². The van der Waals surface area contributed by atoms with Gasteiger partial charge in [0.2, 0.25) is 0 Å². The average molecular weight is 572 g/mol. The van der Waals surface area contributed by atoms with Gasteiger partial charge in [-0.2, -0.15) is 0 Å². The van der Waals surface area contributed by atoms with E-state index in [1.807, 2.05) is 4.90 Å². The fraction of sp³-hybridized carbons (Fsp3) is 0.304. The largest absolute Gasteiger partial charge is 0.479 e. The van der Waals surface area contributed by atoms with Crippen LogP contribution in [0.3, 0.4) is 0 Å². The third-order valence-corrected chi connectivity index (χ3v) is 8.68. The summed E-state index contributed by atoms with van der Waals surface area (Å²) in [5.41, 5.74) is 0.781. The van der Waals surface area contributed by atoms with Gasteiger partial charge in [0.05, 0.1) is 22.6 Å². The zero-order valence-electron chi connectivity index (χ0n) is 19.2. The summed E-state index contributed by atoms with van der Waals surface area (Å²) in [6.07, 6.45) is 0.684. The molecule has 36 heavy (non-hydrogen) atoms. The van der Waals surface area contributed by atoms with Crippen LogP contribution in [0.2, 0.25) is 10.0 Å². The number of hydrogen-bond donors (Lipinski definition) is 2. The van der Waals surface area contributed by atoms with Gasteiger partial charge in [0, 0.05) is 36.9 Å². The van der Waals surface area contributed by atoms with Crippen molar-refractivity contribution >= 4 is 61.3 Å². The second-order valence-corrected chi connectivity index (χ2v) is 11.4. The Hall–Kier alpha value is -2.57. The van der Waals surface area contributed by atoms with Crippen molar-refractivity contribution in [3.63, 3.8) is 0 Å². The molecule has 1 amide bonds. The molecular weight excluding hydrogens is 547 g/mol. The number of carbonyl (C=O) groups is 1. The Morgan fingerprint density at radius 3 is 2.67 bits per heavy atom. The van der Waals surface area contributed by atoms with Crippen molar-refractivity contribution in [2.45, 2.75) is 24.0 Å². The number of hydrogen-bond acceptors (Lipinski definition) is 8. The molecule has 2 aromatic carbocycles. The molecule has 1 aromatic heterocycles. The number of halogens is 2. The summed E-state index contributed by atoms with van der Waals surface area (Å²) >= 11 is 13.4. The molecule has 2 atom stereocenters. The molecule has 13 heteroatoms. The second kappa shape index (κ2) is 11.2. The van der Waals surface area contributed by atoms with Gasteiger partial charge in [0.25, 0.3) is 15.9 Å². The molecule has 0 spiro atoms. The zero-order chi connectivity index (χ0) is 25.9. The van der Waals surface area contributed by atoms with E-state index in [9.17, 15) is 18.3 Å². The lowest BCUT2D eigenvalue weighted by molar-refractivity contribution is -0.141. The van der Waals surface area contributed by atoms with Gasteiger partial charge in [0.15, 0.2) is 11.2 Å². The first-order chi connectivity index (χ1) is 17.2. The van der Waals surface area contributed by atoms with E-state index in [1.54, 1.807) is 47.5 Å². The maximum Gasteiger partial charge on any atom is 0.263 e. The average Bonchev–Trinajstić information content (AvgIpc) is 3.38. The van der Waals surface area contributed by atoms with E-state index in [4.69, 9.17) is 27.9 Å². The van der Waals surface area contributed by atoms with E-state index < -0.39 is 22.2 Å². The van der Waals surface area contributed by atoms with Crippen molar-refractivity contribution in [3.05, 3.63) is 64.1 Å². The molecule has 0 bridgehead atoms. The number of ether oxygens (including phenoxy) is 1. The summed E-state index contributed by atoms with van der Waals surface area (Å²) < 4.78 is 33.4. The number of amides is 1. The molecule has 1 saturated heterocycles. The number of aliphatic hydroxyl groups is 1. The van der Waals surface area contributed by atoms with Crippen molar-refractivity contribution < 1.29 is 23.1 Å². The predicted molar refractivity (Wildman–Crippen MR) is 141 cm³/mol. The van der Waals surface area contributed by atoms with Gasteiger partial charge in [-0.25, -0.2) is 13.4 Å². The van der Waals surface area contributed by atoms with Gasteiger partial charge in [-0.15, -0.1) is 11.3 Å². The first-order valence-electron chi connectivity index (χ1n) is 11.0. The van der Waals surface area contributed by atoms with E-state index in [1.165, 1.54) is 29.7 Å². The number of thiazole rings is 1. The van der Waals surface area contributed by atoms with E-state index in [-0.39, 0.29) is 22.4 Å². The quantitative estimate of drug-likeness (QED) is 0.424. The predicted octanol–water partition coefficient (Wildman–Crippen LogP) is 3.73. The molecule has 192 valence electrons. The minimum absolute atomic E-state index is 0.111. The monoisotopic (exact) mass is 570 g/mol. The molecule has 9 nitrogen and oxygen atoms in total. The number of piperazine rings is 1. The Morgan fingerprint density at radius 2 is 2.00 bits per heavy atom. The normalized spacial score (nSPS) is 17.1. The molecule has 0 radical (unpaired) electrons. The van der Waals surface area contributed by atoms with Crippen molar-refractivity contribution in [1.29, 1.82) is 0 Å². The fourth-order valence-corrected chi connectivity index (χ4v) is 5.99. The molecule has 1 fully saturated rings. The number of nitrogens with one attached hydrogen (secondary N) is 1. The molecule has 1 aliphatic rings. The van der Waals surface area contributed by atoms with Crippen LogP contribution in [0.4, 0.5) is 10.8 Å². The fourth-order valence-electron chi connectivity index (χ4n) is 3.87. The van der Waals surface area contributed by atoms with E-state index >= 15 is 0 Å². The number of anilines is 2. The number of aliphatic hydroxyl groups excluding tert-OH is 1. The van der Waals surface area contributed by atoms with Crippen LogP contribution in [-0.2, 0) is 14.8 Å². The van der Waals surface area contributed by atoms with E-state index in [0.29, 0.717) is 35.5 Å². The summed E-state index contributed by atoms with van der Waals surface area (Å²) in [4.78, 5) is 20.8. The molecule has 4 rings (SSSR count). The number of nitrogens with zero attached hydrogens (tertiary/aromatic N) is 3. The van der Waals surface area contributed by atoms with Crippen LogP contribution in [0, 0.1) is 0 Å². The molecule has 3 aromatic rings. The van der Waals surface area contributed by atoms with Gasteiger partial charge in [0.1, 0.15) is 10.8 Å². The number of rotatable bonds is 8. The van der Waals surface area contributed by atoms with Crippen LogP contribution in [0.15, 0.2) is 58.9 Å². The van der Waals surface area contributed by atoms with Crippen LogP contribution in [0.1, 0.15) is 6.92 Å². The summed E-state index contributed by atoms with van der Waals surface area (Å²) in [6.45, 7) is 2.61. The third kappa shape index (κ3) is 5.87. The molecule has 2 heterocycles. The summed E-state index contributed by atoms with van der Waals surface area (Å²) in [7, 11) is -3.75. The lowest BCUT2D eigenvalue weighted by Crippen LogP contribution is -2.59. The van der Waals surface area contributed by atoms with Crippen LogP contribution >= 0.6 is 34.5 Å². The van der Waals surface area contributed by atoms with Gasteiger partial charge >= 0.3 is 0 Å².